The van der Waals surface area contributed by atoms with E-state index in [4.69, 9.17) is 4.74 Å². The zero-order valence-electron chi connectivity index (χ0n) is 13.8. The summed E-state index contributed by atoms with van der Waals surface area (Å²) in [5, 5.41) is 3.33. The van der Waals surface area contributed by atoms with E-state index in [-0.39, 0.29) is 6.10 Å². The van der Waals surface area contributed by atoms with Crippen molar-refractivity contribution in [1.29, 1.82) is 0 Å². The number of aromatic nitrogens is 4. The average molecular weight is 326 g/mol. The molecule has 0 spiro atoms. The molecule has 7 heteroatoms. The number of morpholine rings is 1. The van der Waals surface area contributed by atoms with Crippen LogP contribution in [0.15, 0.2) is 30.9 Å². The lowest BCUT2D eigenvalue weighted by Gasteiger charge is -2.39. The maximum atomic E-state index is 6.10. The highest BCUT2D eigenvalue weighted by atomic mass is 16.5. The molecule has 3 heterocycles. The molecule has 2 aliphatic rings. The fraction of sp³-hybridized carbons (Fsp3) is 0.529. The predicted octanol–water partition coefficient (Wildman–Crippen LogP) is 1.67. The summed E-state index contributed by atoms with van der Waals surface area (Å²) in [6.07, 6.45) is 9.70. The van der Waals surface area contributed by atoms with Gasteiger partial charge in [-0.2, -0.15) is 0 Å². The van der Waals surface area contributed by atoms with Gasteiger partial charge >= 0.3 is 0 Å². The standard InChI is InChI=1S/C17H22N6O/c1-12-9-21-17(22-10-12)23-7-8-24-15-13(3-4-14(15)23)11-20-16-18-5-2-6-19-16/h2,5-6,9-10,13-15H,3-4,7-8,11H2,1H3,(H,18,19,20)/t13-,14-,15-/m1/s1. The van der Waals surface area contributed by atoms with E-state index < -0.39 is 0 Å². The van der Waals surface area contributed by atoms with Gasteiger partial charge in [0.25, 0.3) is 0 Å². The number of fused-ring (bicyclic) bond motifs is 1. The van der Waals surface area contributed by atoms with Crippen LogP contribution in [0.2, 0.25) is 0 Å². The van der Waals surface area contributed by atoms with Crippen LogP contribution in [0.3, 0.4) is 0 Å². The van der Waals surface area contributed by atoms with Crippen LogP contribution in [0.5, 0.6) is 0 Å². The van der Waals surface area contributed by atoms with Crippen LogP contribution in [-0.2, 0) is 4.74 Å². The van der Waals surface area contributed by atoms with Crippen LogP contribution in [0.25, 0.3) is 0 Å². The molecule has 126 valence electrons. The number of hydrogen-bond acceptors (Lipinski definition) is 7. The van der Waals surface area contributed by atoms with Crippen LogP contribution >= 0.6 is 0 Å². The fourth-order valence-corrected chi connectivity index (χ4v) is 3.67. The molecular weight excluding hydrogens is 304 g/mol. The predicted molar refractivity (Wildman–Crippen MR) is 90.9 cm³/mol. The minimum absolute atomic E-state index is 0.208. The lowest BCUT2D eigenvalue weighted by atomic mass is 10.0. The smallest absolute Gasteiger partial charge is 0.225 e. The van der Waals surface area contributed by atoms with E-state index in [1.807, 2.05) is 25.4 Å². The van der Waals surface area contributed by atoms with Gasteiger partial charge in [-0.25, -0.2) is 19.9 Å². The second-order valence-corrected chi connectivity index (χ2v) is 6.45. The summed E-state index contributed by atoms with van der Waals surface area (Å²) in [6.45, 7) is 4.41. The topological polar surface area (TPSA) is 76.1 Å². The Kier molecular flexibility index (Phi) is 4.25. The lowest BCUT2D eigenvalue weighted by Crippen LogP contribution is -2.51. The number of nitrogens with zero attached hydrogens (tertiary/aromatic N) is 5. The monoisotopic (exact) mass is 326 g/mol. The average Bonchev–Trinajstić information content (AvgIpc) is 3.05. The van der Waals surface area contributed by atoms with Gasteiger partial charge in [-0.3, -0.25) is 0 Å². The van der Waals surface area contributed by atoms with E-state index in [2.05, 4.69) is 30.2 Å². The van der Waals surface area contributed by atoms with Crippen LogP contribution < -0.4 is 10.2 Å². The van der Waals surface area contributed by atoms with Gasteiger partial charge in [0.15, 0.2) is 0 Å². The first kappa shape index (κ1) is 15.3. The molecule has 3 atom stereocenters. The molecule has 1 aliphatic heterocycles. The van der Waals surface area contributed by atoms with Gasteiger partial charge in [0.2, 0.25) is 11.9 Å². The fourth-order valence-electron chi connectivity index (χ4n) is 3.67. The Morgan fingerprint density at radius 1 is 1.17 bits per heavy atom. The minimum atomic E-state index is 0.208. The van der Waals surface area contributed by atoms with Gasteiger partial charge in [-0.1, -0.05) is 0 Å². The van der Waals surface area contributed by atoms with Crippen LogP contribution in [0.1, 0.15) is 18.4 Å². The molecule has 0 unspecified atom stereocenters. The molecule has 0 bridgehead atoms. The van der Waals surface area contributed by atoms with Gasteiger partial charge in [-0.05, 0) is 31.4 Å². The second kappa shape index (κ2) is 6.68. The molecule has 0 aromatic carbocycles. The number of hydrogen-bond donors (Lipinski definition) is 1. The van der Waals surface area contributed by atoms with E-state index in [9.17, 15) is 0 Å². The third kappa shape index (κ3) is 3.03. The Labute approximate surface area is 141 Å². The Bertz CT molecular complexity index is 665. The van der Waals surface area contributed by atoms with Crippen LogP contribution in [-0.4, -0.2) is 51.8 Å². The largest absolute Gasteiger partial charge is 0.374 e. The molecule has 7 nitrogen and oxygen atoms in total. The molecule has 0 radical (unpaired) electrons. The molecule has 0 amide bonds. The second-order valence-electron chi connectivity index (χ2n) is 6.45. The molecule has 24 heavy (non-hydrogen) atoms. The first-order chi connectivity index (χ1) is 11.8. The summed E-state index contributed by atoms with van der Waals surface area (Å²) < 4.78 is 6.10. The first-order valence-electron chi connectivity index (χ1n) is 8.49. The maximum absolute atomic E-state index is 6.10. The number of anilines is 2. The number of nitrogens with one attached hydrogen (secondary N) is 1. The van der Waals surface area contributed by atoms with Crippen molar-refractivity contribution in [2.75, 3.05) is 29.9 Å². The summed E-state index contributed by atoms with van der Waals surface area (Å²) in [5.41, 5.74) is 1.08. The normalized spacial score (nSPS) is 26.2. The highest BCUT2D eigenvalue weighted by Crippen LogP contribution is 2.36. The van der Waals surface area contributed by atoms with Crippen molar-refractivity contribution in [2.24, 2.45) is 5.92 Å². The van der Waals surface area contributed by atoms with E-state index in [1.54, 1.807) is 12.4 Å². The van der Waals surface area contributed by atoms with Crippen molar-refractivity contribution in [3.05, 3.63) is 36.4 Å². The molecular formula is C17H22N6O. The third-order valence-corrected chi connectivity index (χ3v) is 4.83. The van der Waals surface area contributed by atoms with E-state index in [0.717, 1.165) is 44.0 Å². The number of rotatable bonds is 4. The zero-order chi connectivity index (χ0) is 16.4. The van der Waals surface area contributed by atoms with Crippen LogP contribution in [0, 0.1) is 12.8 Å². The Morgan fingerprint density at radius 3 is 2.75 bits per heavy atom. The molecule has 2 aromatic heterocycles. The quantitative estimate of drug-likeness (QED) is 0.916. The van der Waals surface area contributed by atoms with E-state index in [0.29, 0.717) is 17.9 Å². The zero-order valence-corrected chi connectivity index (χ0v) is 13.8. The lowest BCUT2D eigenvalue weighted by molar-refractivity contribution is 0.000779. The van der Waals surface area contributed by atoms with Gasteiger partial charge in [0.05, 0.1) is 18.8 Å². The Morgan fingerprint density at radius 2 is 1.96 bits per heavy atom. The van der Waals surface area contributed by atoms with Crippen molar-refractivity contribution < 1.29 is 4.74 Å². The summed E-state index contributed by atoms with van der Waals surface area (Å²) in [6, 6.07) is 2.17. The summed E-state index contributed by atoms with van der Waals surface area (Å²) >= 11 is 0. The highest BCUT2D eigenvalue weighted by molar-refractivity contribution is 5.34. The van der Waals surface area contributed by atoms with Gasteiger partial charge in [0, 0.05) is 43.8 Å². The maximum Gasteiger partial charge on any atom is 0.225 e. The molecule has 4 rings (SSSR count). The summed E-state index contributed by atoms with van der Waals surface area (Å²) in [5.74, 6) is 1.95. The Balaban J connectivity index is 1.43. The molecule has 1 aliphatic carbocycles. The van der Waals surface area contributed by atoms with Gasteiger partial charge < -0.3 is 15.0 Å². The number of aryl methyl sites for hydroxylation is 1. The molecule has 2 aromatic rings. The van der Waals surface area contributed by atoms with Crippen molar-refractivity contribution >= 4 is 11.9 Å². The SMILES string of the molecule is Cc1cnc(N2CCO[C@@H]3[C@@H](CNc4ncccn4)CC[C@H]32)nc1. The molecule has 2 fully saturated rings. The summed E-state index contributed by atoms with van der Waals surface area (Å²) in [4.78, 5) is 19.8. The van der Waals surface area contributed by atoms with Crippen LogP contribution in [0.4, 0.5) is 11.9 Å². The minimum Gasteiger partial charge on any atom is -0.374 e. The highest BCUT2D eigenvalue weighted by Gasteiger charge is 2.43. The van der Waals surface area contributed by atoms with Gasteiger partial charge in [0.1, 0.15) is 0 Å². The van der Waals surface area contributed by atoms with Crippen molar-refractivity contribution in [2.45, 2.75) is 31.9 Å². The van der Waals surface area contributed by atoms with Crippen molar-refractivity contribution in [3.63, 3.8) is 0 Å². The van der Waals surface area contributed by atoms with Crippen molar-refractivity contribution in [1.82, 2.24) is 19.9 Å². The van der Waals surface area contributed by atoms with E-state index >= 15 is 0 Å². The molecule has 1 N–H and O–H groups in total. The molecule has 1 saturated carbocycles. The third-order valence-electron chi connectivity index (χ3n) is 4.83. The van der Waals surface area contributed by atoms with Crippen molar-refractivity contribution in [3.8, 4) is 0 Å². The van der Waals surface area contributed by atoms with E-state index in [1.165, 1.54) is 0 Å². The Hall–Kier alpha value is -2.28. The summed E-state index contributed by atoms with van der Waals surface area (Å²) in [7, 11) is 0. The molecule has 1 saturated heterocycles. The van der Waals surface area contributed by atoms with Gasteiger partial charge in [-0.15, -0.1) is 0 Å². The number of ether oxygens (including phenoxy) is 1. The first-order valence-corrected chi connectivity index (χ1v) is 8.49.